The van der Waals surface area contributed by atoms with Crippen molar-refractivity contribution in [2.45, 2.75) is 39.2 Å². The van der Waals surface area contributed by atoms with Gasteiger partial charge in [0.15, 0.2) is 0 Å². The molecule has 0 radical (unpaired) electrons. The van der Waals surface area contributed by atoms with Crippen molar-refractivity contribution in [3.63, 3.8) is 0 Å². The molecule has 0 amide bonds. The Labute approximate surface area is 96.3 Å². The lowest BCUT2D eigenvalue weighted by Gasteiger charge is -2.11. The molecule has 16 heavy (non-hydrogen) atoms. The van der Waals surface area contributed by atoms with Gasteiger partial charge in [-0.15, -0.1) is 0 Å². The molecule has 0 spiro atoms. The Bertz CT molecular complexity index is 354. The van der Waals surface area contributed by atoms with Crippen molar-refractivity contribution < 1.29 is 9.90 Å². The molecule has 1 aromatic rings. The van der Waals surface area contributed by atoms with Crippen molar-refractivity contribution in [3.8, 4) is 0 Å². The molecule has 0 heterocycles. The second-order valence-corrected chi connectivity index (χ2v) is 4.39. The van der Waals surface area contributed by atoms with E-state index < -0.39 is 5.97 Å². The van der Waals surface area contributed by atoms with E-state index in [9.17, 15) is 4.79 Å². The summed E-state index contributed by atoms with van der Waals surface area (Å²) in [5.41, 5.74) is 9.53. The van der Waals surface area contributed by atoms with Gasteiger partial charge in [0.05, 0.1) is 0 Å². The van der Waals surface area contributed by atoms with Crippen LogP contribution in [0.4, 0.5) is 0 Å². The Hall–Kier alpha value is -1.35. The Kier molecular flexibility index (Phi) is 4.50. The lowest BCUT2D eigenvalue weighted by Crippen LogP contribution is -2.23. The van der Waals surface area contributed by atoms with Gasteiger partial charge >= 0.3 is 5.97 Å². The van der Waals surface area contributed by atoms with Crippen molar-refractivity contribution >= 4 is 5.97 Å². The number of aryl methyl sites for hydroxylation is 2. The Morgan fingerprint density at radius 2 is 1.88 bits per heavy atom. The van der Waals surface area contributed by atoms with Gasteiger partial charge in [0.25, 0.3) is 0 Å². The zero-order valence-electron chi connectivity index (χ0n) is 9.86. The van der Waals surface area contributed by atoms with E-state index >= 15 is 0 Å². The van der Waals surface area contributed by atoms with Crippen molar-refractivity contribution in [1.82, 2.24) is 0 Å². The lowest BCUT2D eigenvalue weighted by atomic mass is 9.99. The molecular formula is C13H19NO2. The molecule has 1 rings (SSSR count). The summed E-state index contributed by atoms with van der Waals surface area (Å²) in [6, 6.07) is 6.25. The molecule has 3 N–H and O–H groups in total. The van der Waals surface area contributed by atoms with Crippen LogP contribution in [0.25, 0.3) is 0 Å². The highest BCUT2D eigenvalue weighted by Crippen LogP contribution is 2.11. The minimum absolute atomic E-state index is 0.0719. The predicted molar refractivity (Wildman–Crippen MR) is 64.5 cm³/mol. The molecule has 88 valence electrons. The number of nitrogens with two attached hydrogens (primary N) is 1. The van der Waals surface area contributed by atoms with Crippen LogP contribution in [0, 0.1) is 13.8 Å². The number of aliphatic carboxylic acids is 1. The molecule has 0 saturated carbocycles. The summed E-state index contributed by atoms with van der Waals surface area (Å²) in [6.07, 6.45) is 1.42. The van der Waals surface area contributed by atoms with Gasteiger partial charge in [-0.05, 0) is 32.3 Å². The maximum Gasteiger partial charge on any atom is 0.303 e. The van der Waals surface area contributed by atoms with Crippen molar-refractivity contribution in [1.29, 1.82) is 0 Å². The number of hydrogen-bond donors (Lipinski definition) is 2. The number of carboxylic acids is 1. The van der Waals surface area contributed by atoms with E-state index in [1.165, 1.54) is 16.7 Å². The summed E-state index contributed by atoms with van der Waals surface area (Å²) in [4.78, 5) is 10.4. The highest BCUT2D eigenvalue weighted by molar-refractivity contribution is 5.66. The molecule has 0 aliphatic rings. The van der Waals surface area contributed by atoms with E-state index in [4.69, 9.17) is 10.8 Å². The first-order chi connectivity index (χ1) is 7.47. The molecule has 1 unspecified atom stereocenters. The van der Waals surface area contributed by atoms with Crippen LogP contribution in [0.2, 0.25) is 0 Å². The highest BCUT2D eigenvalue weighted by atomic mass is 16.4. The van der Waals surface area contributed by atoms with Gasteiger partial charge in [-0.25, -0.2) is 0 Å². The van der Waals surface area contributed by atoms with Gasteiger partial charge < -0.3 is 10.8 Å². The third kappa shape index (κ3) is 4.45. The van der Waals surface area contributed by atoms with E-state index in [1.54, 1.807) is 0 Å². The van der Waals surface area contributed by atoms with Crippen molar-refractivity contribution in [3.05, 3.63) is 34.9 Å². The summed E-state index contributed by atoms with van der Waals surface area (Å²) in [6.45, 7) is 4.11. The number of carbonyl (C=O) groups is 1. The van der Waals surface area contributed by atoms with Gasteiger partial charge in [-0.3, -0.25) is 4.79 Å². The first kappa shape index (κ1) is 12.7. The van der Waals surface area contributed by atoms with Crippen LogP contribution in [-0.2, 0) is 11.2 Å². The number of rotatable bonds is 5. The van der Waals surface area contributed by atoms with E-state index in [0.717, 1.165) is 6.42 Å². The van der Waals surface area contributed by atoms with Crippen LogP contribution >= 0.6 is 0 Å². The van der Waals surface area contributed by atoms with E-state index in [2.05, 4.69) is 32.0 Å². The smallest absolute Gasteiger partial charge is 0.303 e. The van der Waals surface area contributed by atoms with Crippen LogP contribution in [0.1, 0.15) is 29.5 Å². The molecular weight excluding hydrogens is 202 g/mol. The molecule has 0 saturated heterocycles. The Morgan fingerprint density at radius 3 is 2.38 bits per heavy atom. The summed E-state index contributed by atoms with van der Waals surface area (Å²) in [5.74, 6) is -0.782. The molecule has 1 atom stereocenters. The number of benzene rings is 1. The average molecular weight is 221 g/mol. The monoisotopic (exact) mass is 221 g/mol. The fraction of sp³-hybridized carbons (Fsp3) is 0.462. The molecule has 3 heteroatoms. The first-order valence-corrected chi connectivity index (χ1v) is 5.52. The van der Waals surface area contributed by atoms with Crippen LogP contribution in [0.15, 0.2) is 18.2 Å². The molecule has 1 aromatic carbocycles. The second kappa shape index (κ2) is 5.66. The standard InChI is InChI=1S/C13H19NO2/c1-9-5-10(2)7-11(6-9)8-12(14)3-4-13(15)16/h5-7,12H,3-4,8,14H2,1-2H3,(H,15,16). The average Bonchev–Trinajstić information content (AvgIpc) is 2.12. The molecule has 0 fully saturated rings. The van der Waals surface area contributed by atoms with Crippen molar-refractivity contribution in [2.24, 2.45) is 5.73 Å². The molecule has 0 aliphatic carbocycles. The van der Waals surface area contributed by atoms with E-state index in [-0.39, 0.29) is 12.5 Å². The predicted octanol–water partition coefficient (Wildman–Crippen LogP) is 2.04. The Morgan fingerprint density at radius 1 is 1.31 bits per heavy atom. The summed E-state index contributed by atoms with van der Waals surface area (Å²) in [7, 11) is 0. The topological polar surface area (TPSA) is 63.3 Å². The minimum atomic E-state index is -0.782. The zero-order valence-corrected chi connectivity index (χ0v) is 9.86. The fourth-order valence-corrected chi connectivity index (χ4v) is 1.90. The van der Waals surface area contributed by atoms with E-state index in [0.29, 0.717) is 6.42 Å². The summed E-state index contributed by atoms with van der Waals surface area (Å²) in [5, 5.41) is 8.56. The lowest BCUT2D eigenvalue weighted by molar-refractivity contribution is -0.137. The van der Waals surface area contributed by atoms with Crippen LogP contribution in [0.3, 0.4) is 0 Å². The highest BCUT2D eigenvalue weighted by Gasteiger charge is 2.07. The SMILES string of the molecule is Cc1cc(C)cc(CC(N)CCC(=O)O)c1. The van der Waals surface area contributed by atoms with Crippen LogP contribution in [0.5, 0.6) is 0 Å². The number of hydrogen-bond acceptors (Lipinski definition) is 2. The Balaban J connectivity index is 2.55. The van der Waals surface area contributed by atoms with Gasteiger partial charge in [0.2, 0.25) is 0 Å². The first-order valence-electron chi connectivity index (χ1n) is 5.52. The van der Waals surface area contributed by atoms with E-state index in [1.807, 2.05) is 0 Å². The normalized spacial score (nSPS) is 12.4. The fourth-order valence-electron chi connectivity index (χ4n) is 1.90. The minimum Gasteiger partial charge on any atom is -0.481 e. The quantitative estimate of drug-likeness (QED) is 0.799. The van der Waals surface area contributed by atoms with Gasteiger partial charge in [0, 0.05) is 12.5 Å². The number of carboxylic acid groups (broad SMARTS) is 1. The van der Waals surface area contributed by atoms with Gasteiger partial charge in [-0.1, -0.05) is 29.3 Å². The van der Waals surface area contributed by atoms with Gasteiger partial charge in [-0.2, -0.15) is 0 Å². The maximum absolute atomic E-state index is 10.4. The summed E-state index contributed by atoms with van der Waals surface area (Å²) < 4.78 is 0. The van der Waals surface area contributed by atoms with Crippen LogP contribution in [-0.4, -0.2) is 17.1 Å². The molecule has 0 aliphatic heterocycles. The van der Waals surface area contributed by atoms with Crippen molar-refractivity contribution in [2.75, 3.05) is 0 Å². The zero-order chi connectivity index (χ0) is 12.1. The third-order valence-corrected chi connectivity index (χ3v) is 2.51. The molecule has 0 aromatic heterocycles. The van der Waals surface area contributed by atoms with Gasteiger partial charge in [0.1, 0.15) is 0 Å². The van der Waals surface area contributed by atoms with Crippen LogP contribution < -0.4 is 5.73 Å². The maximum atomic E-state index is 10.4. The second-order valence-electron chi connectivity index (χ2n) is 4.39. The summed E-state index contributed by atoms with van der Waals surface area (Å²) >= 11 is 0. The third-order valence-electron chi connectivity index (χ3n) is 2.51. The largest absolute Gasteiger partial charge is 0.481 e. The molecule has 0 bridgehead atoms. The molecule has 3 nitrogen and oxygen atoms in total.